The Morgan fingerprint density at radius 3 is 2.77 bits per heavy atom. The fourth-order valence-electron chi connectivity index (χ4n) is 1.87. The highest BCUT2D eigenvalue weighted by Crippen LogP contribution is 2.20. The van der Waals surface area contributed by atoms with E-state index in [0.717, 1.165) is 35.6 Å². The zero-order chi connectivity index (χ0) is 15.9. The molecular formula is C15H21BrN4S2. The zero-order valence-electron chi connectivity index (χ0n) is 13.1. The predicted molar refractivity (Wildman–Crippen MR) is 100 cm³/mol. The minimum atomic E-state index is 0.696. The van der Waals surface area contributed by atoms with Crippen LogP contribution in [0.5, 0.6) is 0 Å². The quantitative estimate of drug-likeness (QED) is 0.571. The van der Waals surface area contributed by atoms with Crippen molar-refractivity contribution in [3.8, 4) is 0 Å². The van der Waals surface area contributed by atoms with Crippen LogP contribution in [-0.4, -0.2) is 24.0 Å². The lowest BCUT2D eigenvalue weighted by molar-refractivity contribution is 0.796. The van der Waals surface area contributed by atoms with Gasteiger partial charge in [-0.1, -0.05) is 0 Å². The summed E-state index contributed by atoms with van der Waals surface area (Å²) in [7, 11) is 0. The SMILES string of the molecule is CCNC(=NCc1cc(Br)cs1)NCCc1nc(C)c(C)s1. The lowest BCUT2D eigenvalue weighted by atomic mass is 10.4. The van der Waals surface area contributed by atoms with Crippen LogP contribution in [0.3, 0.4) is 0 Å². The highest BCUT2D eigenvalue weighted by atomic mass is 79.9. The van der Waals surface area contributed by atoms with Gasteiger partial charge in [0.2, 0.25) is 0 Å². The molecule has 0 bridgehead atoms. The van der Waals surface area contributed by atoms with Gasteiger partial charge < -0.3 is 10.6 Å². The summed E-state index contributed by atoms with van der Waals surface area (Å²) in [4.78, 5) is 11.7. The second kappa shape index (κ2) is 8.64. The second-order valence-corrected chi connectivity index (χ2v) is 8.05. The number of nitrogens with one attached hydrogen (secondary N) is 2. The summed E-state index contributed by atoms with van der Waals surface area (Å²) in [5.74, 6) is 0.858. The van der Waals surface area contributed by atoms with Crippen molar-refractivity contribution < 1.29 is 0 Å². The molecule has 2 aromatic heterocycles. The molecule has 0 aliphatic rings. The Morgan fingerprint density at radius 2 is 2.18 bits per heavy atom. The van der Waals surface area contributed by atoms with E-state index in [1.165, 1.54) is 14.8 Å². The number of hydrogen-bond acceptors (Lipinski definition) is 4. The van der Waals surface area contributed by atoms with E-state index in [0.29, 0.717) is 6.54 Å². The second-order valence-electron chi connectivity index (χ2n) is 4.85. The van der Waals surface area contributed by atoms with Crippen molar-refractivity contribution in [2.45, 2.75) is 33.7 Å². The molecule has 0 aliphatic heterocycles. The molecule has 4 nitrogen and oxygen atoms in total. The van der Waals surface area contributed by atoms with Crippen LogP contribution >= 0.6 is 38.6 Å². The minimum absolute atomic E-state index is 0.696. The van der Waals surface area contributed by atoms with E-state index in [2.05, 4.69) is 68.8 Å². The number of thiazole rings is 1. The number of halogens is 1. The van der Waals surface area contributed by atoms with Crippen LogP contribution in [0.4, 0.5) is 0 Å². The maximum absolute atomic E-state index is 4.62. The van der Waals surface area contributed by atoms with Crippen molar-refractivity contribution in [1.29, 1.82) is 0 Å². The van der Waals surface area contributed by atoms with Crippen molar-refractivity contribution in [2.24, 2.45) is 4.99 Å². The third-order valence-corrected chi connectivity index (χ3v) is 5.88. The lowest BCUT2D eigenvalue weighted by Crippen LogP contribution is -2.38. The fraction of sp³-hybridized carbons (Fsp3) is 0.467. The Kier molecular flexibility index (Phi) is 6.85. The average Bonchev–Trinajstić information content (AvgIpc) is 3.03. The molecule has 0 unspecified atom stereocenters. The Hall–Kier alpha value is -0.920. The van der Waals surface area contributed by atoms with Gasteiger partial charge in [0.1, 0.15) is 0 Å². The summed E-state index contributed by atoms with van der Waals surface area (Å²) >= 11 is 6.96. The first-order valence-corrected chi connectivity index (χ1v) is 9.75. The van der Waals surface area contributed by atoms with Crippen LogP contribution in [-0.2, 0) is 13.0 Å². The number of rotatable bonds is 6. The highest BCUT2D eigenvalue weighted by Gasteiger charge is 2.04. The average molecular weight is 401 g/mol. The molecule has 0 aromatic carbocycles. The monoisotopic (exact) mass is 400 g/mol. The standard InChI is InChI=1S/C15H21BrN4S2/c1-4-17-15(19-8-13-7-12(16)9-21-13)18-6-5-14-20-10(2)11(3)22-14/h7,9H,4-6,8H2,1-3H3,(H2,17,18,19). The Morgan fingerprint density at radius 1 is 1.36 bits per heavy atom. The molecule has 0 amide bonds. The van der Waals surface area contributed by atoms with Gasteiger partial charge in [0.25, 0.3) is 0 Å². The maximum atomic E-state index is 4.62. The highest BCUT2D eigenvalue weighted by molar-refractivity contribution is 9.10. The molecule has 0 fully saturated rings. The van der Waals surface area contributed by atoms with Gasteiger partial charge >= 0.3 is 0 Å². The molecule has 2 N–H and O–H groups in total. The maximum Gasteiger partial charge on any atom is 0.191 e. The van der Waals surface area contributed by atoms with Gasteiger partial charge in [-0.3, -0.25) is 0 Å². The molecular weight excluding hydrogens is 380 g/mol. The molecule has 0 aliphatic carbocycles. The van der Waals surface area contributed by atoms with Crippen LogP contribution in [0.1, 0.15) is 27.4 Å². The van der Waals surface area contributed by atoms with Gasteiger partial charge in [-0.2, -0.15) is 0 Å². The fourth-order valence-corrected chi connectivity index (χ4v) is 4.18. The predicted octanol–water partition coefficient (Wildman–Crippen LogP) is 3.88. The first-order chi connectivity index (χ1) is 10.6. The molecule has 0 atom stereocenters. The molecule has 7 heteroatoms. The van der Waals surface area contributed by atoms with E-state index in [-0.39, 0.29) is 0 Å². The summed E-state index contributed by atoms with van der Waals surface area (Å²) < 4.78 is 1.12. The van der Waals surface area contributed by atoms with Gasteiger partial charge in [0.15, 0.2) is 5.96 Å². The topological polar surface area (TPSA) is 49.3 Å². The molecule has 0 spiro atoms. The van der Waals surface area contributed by atoms with E-state index in [4.69, 9.17) is 0 Å². The number of nitrogens with zero attached hydrogens (tertiary/aromatic N) is 2. The molecule has 120 valence electrons. The normalized spacial score (nSPS) is 11.7. The van der Waals surface area contributed by atoms with E-state index in [9.17, 15) is 0 Å². The van der Waals surface area contributed by atoms with E-state index >= 15 is 0 Å². The molecule has 0 radical (unpaired) electrons. The summed E-state index contributed by atoms with van der Waals surface area (Å²) in [5, 5.41) is 9.91. The number of aryl methyl sites for hydroxylation is 2. The van der Waals surface area contributed by atoms with Gasteiger partial charge in [0.05, 0.1) is 17.2 Å². The summed E-state index contributed by atoms with van der Waals surface area (Å²) in [6.45, 7) is 8.65. The Labute approximate surface area is 148 Å². The van der Waals surface area contributed by atoms with Gasteiger partial charge in [-0.25, -0.2) is 9.98 Å². The Bertz CT molecular complexity index is 614. The third kappa shape index (κ3) is 5.37. The van der Waals surface area contributed by atoms with Crippen LogP contribution in [0.25, 0.3) is 0 Å². The van der Waals surface area contributed by atoms with E-state index < -0.39 is 0 Å². The Balaban J connectivity index is 1.85. The summed E-state index contributed by atoms with van der Waals surface area (Å²) in [6, 6.07) is 2.11. The van der Waals surface area contributed by atoms with E-state index in [1.807, 2.05) is 0 Å². The van der Waals surface area contributed by atoms with Crippen molar-refractivity contribution in [3.63, 3.8) is 0 Å². The first-order valence-electron chi connectivity index (χ1n) is 7.26. The van der Waals surface area contributed by atoms with Gasteiger partial charge in [0, 0.05) is 39.1 Å². The third-order valence-electron chi connectivity index (χ3n) is 3.06. The van der Waals surface area contributed by atoms with Crippen LogP contribution in [0.15, 0.2) is 20.9 Å². The van der Waals surface area contributed by atoms with Crippen molar-refractivity contribution in [3.05, 3.63) is 36.4 Å². The largest absolute Gasteiger partial charge is 0.357 e. The molecule has 2 heterocycles. The van der Waals surface area contributed by atoms with Crippen LogP contribution in [0.2, 0.25) is 0 Å². The lowest BCUT2D eigenvalue weighted by Gasteiger charge is -2.10. The van der Waals surface area contributed by atoms with Crippen molar-refractivity contribution >= 4 is 44.6 Å². The molecule has 0 saturated carbocycles. The minimum Gasteiger partial charge on any atom is -0.357 e. The number of aliphatic imine (C=N–C) groups is 1. The van der Waals surface area contributed by atoms with E-state index in [1.54, 1.807) is 22.7 Å². The molecule has 2 aromatic rings. The van der Waals surface area contributed by atoms with Crippen molar-refractivity contribution in [1.82, 2.24) is 15.6 Å². The van der Waals surface area contributed by atoms with Crippen LogP contribution < -0.4 is 10.6 Å². The summed E-state index contributed by atoms with van der Waals surface area (Å²) in [6.07, 6.45) is 0.925. The van der Waals surface area contributed by atoms with Crippen LogP contribution in [0, 0.1) is 13.8 Å². The number of aromatic nitrogens is 1. The molecule has 22 heavy (non-hydrogen) atoms. The number of hydrogen-bond donors (Lipinski definition) is 2. The zero-order valence-corrected chi connectivity index (χ0v) is 16.3. The van der Waals surface area contributed by atoms with Gasteiger partial charge in [-0.15, -0.1) is 22.7 Å². The first kappa shape index (κ1) is 17.4. The smallest absolute Gasteiger partial charge is 0.191 e. The number of guanidine groups is 1. The molecule has 0 saturated heterocycles. The number of thiophene rings is 1. The molecule has 2 rings (SSSR count). The summed E-state index contributed by atoms with van der Waals surface area (Å²) in [5.41, 5.74) is 1.14. The van der Waals surface area contributed by atoms with Crippen molar-refractivity contribution in [2.75, 3.05) is 13.1 Å². The van der Waals surface area contributed by atoms with Gasteiger partial charge in [-0.05, 0) is 42.8 Å².